The van der Waals surface area contributed by atoms with Gasteiger partial charge >= 0.3 is 0 Å². The summed E-state index contributed by atoms with van der Waals surface area (Å²) in [6.45, 7) is 3.33. The molecule has 1 atom stereocenters. The Morgan fingerprint density at radius 1 is 1.16 bits per heavy atom. The highest BCUT2D eigenvalue weighted by Crippen LogP contribution is 2.52. The molecule has 0 radical (unpaired) electrons. The molecule has 1 N–H and O–H groups in total. The third-order valence-electron chi connectivity index (χ3n) is 5.13. The molecule has 0 aromatic heterocycles. The van der Waals surface area contributed by atoms with Crippen LogP contribution in [0.25, 0.3) is 0 Å². The highest BCUT2D eigenvalue weighted by molar-refractivity contribution is 5.41. The van der Waals surface area contributed by atoms with Crippen molar-refractivity contribution in [2.45, 2.75) is 51.5 Å². The third kappa shape index (κ3) is 2.27. The Hall–Kier alpha value is -1.02. The van der Waals surface area contributed by atoms with Crippen LogP contribution in [0, 0.1) is 12.3 Å². The Bertz CT molecular complexity index is 449. The smallest absolute Gasteiger partial charge is 0.123 e. The number of ether oxygens (including phenoxy) is 1. The quantitative estimate of drug-likeness (QED) is 0.867. The maximum absolute atomic E-state index is 5.61. The van der Waals surface area contributed by atoms with E-state index in [1.54, 1.807) is 7.11 Å². The molecule has 2 aliphatic rings. The zero-order valence-corrected chi connectivity index (χ0v) is 12.2. The molecule has 1 aromatic carbocycles. The number of hydrogen-bond donors (Lipinski definition) is 1. The van der Waals surface area contributed by atoms with Gasteiger partial charge in [-0.3, -0.25) is 0 Å². The Morgan fingerprint density at radius 2 is 1.95 bits per heavy atom. The van der Waals surface area contributed by atoms with Crippen LogP contribution in [0.15, 0.2) is 18.2 Å². The predicted molar refractivity (Wildman–Crippen MR) is 78.6 cm³/mol. The first-order valence-electron chi connectivity index (χ1n) is 7.63. The fraction of sp³-hybridized carbons (Fsp3) is 0.647. The lowest BCUT2D eigenvalue weighted by Gasteiger charge is -2.39. The van der Waals surface area contributed by atoms with Gasteiger partial charge in [-0.25, -0.2) is 0 Å². The van der Waals surface area contributed by atoms with Gasteiger partial charge in [-0.15, -0.1) is 0 Å². The molecule has 1 aliphatic heterocycles. The molecule has 1 spiro atoms. The molecule has 104 valence electrons. The van der Waals surface area contributed by atoms with E-state index in [-0.39, 0.29) is 0 Å². The summed E-state index contributed by atoms with van der Waals surface area (Å²) < 4.78 is 5.61. The SMILES string of the molecule is COc1ccc(C)cc1C1NCCC12CCCCC2. The summed E-state index contributed by atoms with van der Waals surface area (Å²) in [5, 5.41) is 3.76. The number of methoxy groups -OCH3 is 1. The minimum absolute atomic E-state index is 0.485. The Balaban J connectivity index is 1.98. The molecule has 2 heteroatoms. The van der Waals surface area contributed by atoms with E-state index in [1.165, 1.54) is 49.7 Å². The fourth-order valence-corrected chi connectivity index (χ4v) is 4.14. The standard InChI is InChI=1S/C17H25NO/c1-13-6-7-15(19-2)14(12-13)16-17(10-11-18-16)8-4-3-5-9-17/h6-7,12,16,18H,3-5,8-11H2,1-2H3. The maximum atomic E-state index is 5.61. The Morgan fingerprint density at radius 3 is 2.68 bits per heavy atom. The topological polar surface area (TPSA) is 21.3 Å². The highest BCUT2D eigenvalue weighted by Gasteiger charge is 2.44. The Labute approximate surface area is 116 Å². The van der Waals surface area contributed by atoms with Gasteiger partial charge in [0.1, 0.15) is 5.75 Å². The molecule has 1 unspecified atom stereocenters. The van der Waals surface area contributed by atoms with Crippen LogP contribution in [-0.2, 0) is 0 Å². The molecule has 1 aliphatic carbocycles. The van der Waals surface area contributed by atoms with E-state index in [1.807, 2.05) is 0 Å². The van der Waals surface area contributed by atoms with Crippen molar-refractivity contribution in [3.63, 3.8) is 0 Å². The van der Waals surface area contributed by atoms with E-state index in [0.29, 0.717) is 11.5 Å². The van der Waals surface area contributed by atoms with E-state index < -0.39 is 0 Å². The van der Waals surface area contributed by atoms with Gasteiger partial charge in [0, 0.05) is 11.6 Å². The van der Waals surface area contributed by atoms with Gasteiger partial charge in [-0.05, 0) is 44.2 Å². The van der Waals surface area contributed by atoms with Crippen LogP contribution in [-0.4, -0.2) is 13.7 Å². The van der Waals surface area contributed by atoms with Crippen LogP contribution in [0.4, 0.5) is 0 Å². The predicted octanol–water partition coefficient (Wildman–Crippen LogP) is 3.99. The minimum atomic E-state index is 0.485. The second kappa shape index (κ2) is 5.16. The zero-order chi connectivity index (χ0) is 13.3. The first-order valence-corrected chi connectivity index (χ1v) is 7.63. The third-order valence-corrected chi connectivity index (χ3v) is 5.13. The monoisotopic (exact) mass is 259 g/mol. The van der Waals surface area contributed by atoms with Crippen molar-refractivity contribution < 1.29 is 4.74 Å². The van der Waals surface area contributed by atoms with Crippen molar-refractivity contribution in [3.8, 4) is 5.75 Å². The summed E-state index contributed by atoms with van der Waals surface area (Å²) in [5.41, 5.74) is 3.19. The van der Waals surface area contributed by atoms with E-state index >= 15 is 0 Å². The van der Waals surface area contributed by atoms with Crippen LogP contribution < -0.4 is 10.1 Å². The van der Waals surface area contributed by atoms with Crippen LogP contribution in [0.3, 0.4) is 0 Å². The van der Waals surface area contributed by atoms with E-state index in [0.717, 1.165) is 12.3 Å². The summed E-state index contributed by atoms with van der Waals surface area (Å²) in [6.07, 6.45) is 8.29. The lowest BCUT2D eigenvalue weighted by atomic mass is 9.67. The second-order valence-electron chi connectivity index (χ2n) is 6.31. The molecule has 1 saturated carbocycles. The van der Waals surface area contributed by atoms with E-state index in [9.17, 15) is 0 Å². The molecule has 2 nitrogen and oxygen atoms in total. The van der Waals surface area contributed by atoms with Gasteiger partial charge in [-0.1, -0.05) is 37.0 Å². The lowest BCUT2D eigenvalue weighted by molar-refractivity contribution is 0.162. The number of benzene rings is 1. The second-order valence-corrected chi connectivity index (χ2v) is 6.31. The molecular weight excluding hydrogens is 234 g/mol. The largest absolute Gasteiger partial charge is 0.496 e. The lowest BCUT2D eigenvalue weighted by Crippen LogP contribution is -2.31. The average molecular weight is 259 g/mol. The number of aryl methyl sites for hydroxylation is 1. The molecule has 3 rings (SSSR count). The first-order chi connectivity index (χ1) is 9.25. The molecule has 0 bridgehead atoms. The van der Waals surface area contributed by atoms with Crippen molar-refractivity contribution in [3.05, 3.63) is 29.3 Å². The summed E-state index contributed by atoms with van der Waals surface area (Å²) >= 11 is 0. The van der Waals surface area contributed by atoms with Gasteiger partial charge in [0.25, 0.3) is 0 Å². The molecule has 0 amide bonds. The van der Waals surface area contributed by atoms with Crippen LogP contribution in [0.1, 0.15) is 55.7 Å². The van der Waals surface area contributed by atoms with Crippen molar-refractivity contribution in [1.29, 1.82) is 0 Å². The van der Waals surface area contributed by atoms with Crippen molar-refractivity contribution in [2.75, 3.05) is 13.7 Å². The molecule has 1 aromatic rings. The normalized spacial score (nSPS) is 25.7. The van der Waals surface area contributed by atoms with Gasteiger partial charge in [-0.2, -0.15) is 0 Å². The molecule has 2 fully saturated rings. The summed E-state index contributed by atoms with van der Waals surface area (Å²) in [7, 11) is 1.79. The molecular formula is C17H25NO. The van der Waals surface area contributed by atoms with Gasteiger partial charge in [0.05, 0.1) is 7.11 Å². The van der Waals surface area contributed by atoms with Gasteiger partial charge in [0.15, 0.2) is 0 Å². The number of nitrogens with one attached hydrogen (secondary N) is 1. The number of rotatable bonds is 2. The average Bonchev–Trinajstić information content (AvgIpc) is 2.82. The number of hydrogen-bond acceptors (Lipinski definition) is 2. The zero-order valence-electron chi connectivity index (χ0n) is 12.2. The molecule has 19 heavy (non-hydrogen) atoms. The van der Waals surface area contributed by atoms with Crippen molar-refractivity contribution in [1.82, 2.24) is 5.32 Å². The van der Waals surface area contributed by atoms with Gasteiger partial charge < -0.3 is 10.1 Å². The minimum Gasteiger partial charge on any atom is -0.496 e. The van der Waals surface area contributed by atoms with Crippen molar-refractivity contribution in [2.24, 2.45) is 5.41 Å². The van der Waals surface area contributed by atoms with Crippen LogP contribution in [0.5, 0.6) is 5.75 Å². The van der Waals surface area contributed by atoms with Crippen molar-refractivity contribution >= 4 is 0 Å². The highest BCUT2D eigenvalue weighted by atomic mass is 16.5. The fourth-order valence-electron chi connectivity index (χ4n) is 4.14. The van der Waals surface area contributed by atoms with Crippen LogP contribution >= 0.6 is 0 Å². The summed E-state index contributed by atoms with van der Waals surface area (Å²) in [4.78, 5) is 0. The van der Waals surface area contributed by atoms with Crippen LogP contribution in [0.2, 0.25) is 0 Å². The first kappa shape index (κ1) is 13.0. The maximum Gasteiger partial charge on any atom is 0.123 e. The Kier molecular flexibility index (Phi) is 3.53. The van der Waals surface area contributed by atoms with Gasteiger partial charge in [0.2, 0.25) is 0 Å². The molecule has 1 saturated heterocycles. The summed E-state index contributed by atoms with van der Waals surface area (Å²) in [6, 6.07) is 7.08. The molecule has 1 heterocycles. The van der Waals surface area contributed by atoms with E-state index in [2.05, 4.69) is 30.4 Å². The van der Waals surface area contributed by atoms with E-state index in [4.69, 9.17) is 4.74 Å². The summed E-state index contributed by atoms with van der Waals surface area (Å²) in [5.74, 6) is 1.05.